The van der Waals surface area contributed by atoms with Crippen molar-refractivity contribution in [3.63, 3.8) is 0 Å². The first-order valence-corrected chi connectivity index (χ1v) is 14.6. The molecule has 212 valence electrons. The minimum absolute atomic E-state index is 0.0330. The molecule has 1 saturated heterocycles. The summed E-state index contributed by atoms with van der Waals surface area (Å²) in [6, 6.07) is 8.04. The van der Waals surface area contributed by atoms with Gasteiger partial charge in [-0.05, 0) is 56.5 Å². The van der Waals surface area contributed by atoms with Crippen molar-refractivity contribution in [2.75, 3.05) is 41.3 Å². The number of nitrogens with one attached hydrogen (secondary N) is 1. The predicted molar refractivity (Wildman–Crippen MR) is 162 cm³/mol. The maximum absolute atomic E-state index is 13.5. The molecule has 4 aromatic rings. The number of hydrogen-bond donors (Lipinski definition) is 1. The molecule has 4 aromatic heterocycles. The molecule has 0 amide bonds. The van der Waals surface area contributed by atoms with E-state index in [0.29, 0.717) is 28.9 Å². The zero-order chi connectivity index (χ0) is 28.5. The Hall–Kier alpha value is -4.05. The monoisotopic (exact) mass is 572 g/mol. The van der Waals surface area contributed by atoms with Gasteiger partial charge in [-0.1, -0.05) is 12.8 Å². The molecular weight excluding hydrogens is 540 g/mol. The first-order chi connectivity index (χ1) is 19.9. The Morgan fingerprint density at radius 1 is 0.951 bits per heavy atom. The van der Waals surface area contributed by atoms with Gasteiger partial charge in [0.1, 0.15) is 11.5 Å². The molecule has 0 bridgehead atoms. The molecule has 1 aliphatic heterocycles. The second-order valence-corrected chi connectivity index (χ2v) is 11.0. The Kier molecular flexibility index (Phi) is 7.57. The van der Waals surface area contributed by atoms with Crippen molar-refractivity contribution < 1.29 is 4.79 Å². The number of Topliss-reactive ketones (excluding diaryl/α,β-unsaturated/α-hetero) is 1. The molecule has 2 aliphatic rings. The van der Waals surface area contributed by atoms with Crippen LogP contribution in [0.3, 0.4) is 0 Å². The normalized spacial score (nSPS) is 16.0. The summed E-state index contributed by atoms with van der Waals surface area (Å²) in [7, 11) is 0. The van der Waals surface area contributed by atoms with Gasteiger partial charge in [0, 0.05) is 43.8 Å². The van der Waals surface area contributed by atoms with Crippen LogP contribution in [-0.2, 0) is 5.88 Å². The van der Waals surface area contributed by atoms with Crippen molar-refractivity contribution >= 4 is 51.6 Å². The van der Waals surface area contributed by atoms with Crippen molar-refractivity contribution in [2.45, 2.75) is 51.5 Å². The van der Waals surface area contributed by atoms with Crippen LogP contribution in [-0.4, -0.2) is 56.5 Å². The van der Waals surface area contributed by atoms with E-state index in [9.17, 15) is 9.59 Å². The molecule has 41 heavy (non-hydrogen) atoms. The van der Waals surface area contributed by atoms with Gasteiger partial charge >= 0.3 is 0 Å². The lowest BCUT2D eigenvalue weighted by molar-refractivity contribution is 0.101. The molecule has 1 N–H and O–H groups in total. The minimum Gasteiger partial charge on any atom is -0.367 e. The van der Waals surface area contributed by atoms with E-state index < -0.39 is 0 Å². The number of halogens is 1. The van der Waals surface area contributed by atoms with Crippen molar-refractivity contribution in [1.82, 2.24) is 24.5 Å². The molecule has 0 atom stereocenters. The quantitative estimate of drug-likeness (QED) is 0.241. The molecule has 1 saturated carbocycles. The Labute approximate surface area is 243 Å². The van der Waals surface area contributed by atoms with E-state index in [1.165, 1.54) is 6.92 Å². The van der Waals surface area contributed by atoms with Crippen LogP contribution in [0.25, 0.3) is 11.0 Å². The Balaban J connectivity index is 1.19. The van der Waals surface area contributed by atoms with E-state index in [2.05, 4.69) is 36.1 Å². The fourth-order valence-corrected chi connectivity index (χ4v) is 6.13. The summed E-state index contributed by atoms with van der Waals surface area (Å²) in [6.07, 6.45) is 9.36. The van der Waals surface area contributed by atoms with Crippen LogP contribution in [0.15, 0.2) is 47.7 Å². The number of aryl methyl sites for hydroxylation is 1. The second-order valence-electron chi connectivity index (χ2n) is 10.7. The highest BCUT2D eigenvalue weighted by Crippen LogP contribution is 2.32. The SMILES string of the molecule is CC(=O)c1c(C)c2cnc(Nc3ccc(N4CCN(c5ccc(CCl)nc5)CC4)cn3)nc2n(C2CCCC2)c1=O. The highest BCUT2D eigenvalue weighted by Gasteiger charge is 2.26. The largest absolute Gasteiger partial charge is 0.367 e. The second kappa shape index (κ2) is 11.4. The molecule has 6 rings (SSSR count). The van der Waals surface area contributed by atoms with E-state index in [4.69, 9.17) is 16.6 Å². The number of pyridine rings is 3. The summed E-state index contributed by atoms with van der Waals surface area (Å²) < 4.78 is 1.72. The molecule has 10 nitrogen and oxygen atoms in total. The molecule has 0 unspecified atom stereocenters. The van der Waals surface area contributed by atoms with Gasteiger partial charge in [0.15, 0.2) is 5.78 Å². The highest BCUT2D eigenvalue weighted by atomic mass is 35.5. The molecule has 0 spiro atoms. The Morgan fingerprint density at radius 3 is 2.17 bits per heavy atom. The van der Waals surface area contributed by atoms with Gasteiger partial charge in [0.2, 0.25) is 5.95 Å². The third-order valence-corrected chi connectivity index (χ3v) is 8.47. The van der Waals surface area contributed by atoms with Crippen LogP contribution >= 0.6 is 11.6 Å². The fraction of sp³-hybridized carbons (Fsp3) is 0.400. The van der Waals surface area contributed by atoms with Gasteiger partial charge < -0.3 is 15.1 Å². The average Bonchev–Trinajstić information content (AvgIpc) is 3.52. The fourth-order valence-electron chi connectivity index (χ4n) is 5.98. The first-order valence-electron chi connectivity index (χ1n) is 14.1. The van der Waals surface area contributed by atoms with E-state index in [1.54, 1.807) is 17.7 Å². The molecule has 1 aliphatic carbocycles. The van der Waals surface area contributed by atoms with Crippen LogP contribution in [0.2, 0.25) is 0 Å². The molecular formula is C30H33ClN8O2. The highest BCUT2D eigenvalue weighted by molar-refractivity contribution is 6.16. The number of ketones is 1. The van der Waals surface area contributed by atoms with Gasteiger partial charge in [-0.25, -0.2) is 9.97 Å². The van der Waals surface area contributed by atoms with Crippen LogP contribution in [0, 0.1) is 6.92 Å². The molecule has 0 aromatic carbocycles. The molecule has 2 fully saturated rings. The molecule has 11 heteroatoms. The number of rotatable bonds is 7. The van der Waals surface area contributed by atoms with Crippen molar-refractivity contribution in [3.8, 4) is 0 Å². The predicted octanol–water partition coefficient (Wildman–Crippen LogP) is 5.02. The molecule has 5 heterocycles. The van der Waals surface area contributed by atoms with Gasteiger partial charge in [0.25, 0.3) is 5.56 Å². The first kappa shape index (κ1) is 27.1. The van der Waals surface area contributed by atoms with Crippen LogP contribution in [0.1, 0.15) is 60.3 Å². The van der Waals surface area contributed by atoms with E-state index >= 15 is 0 Å². The summed E-state index contributed by atoms with van der Waals surface area (Å²) in [5.41, 5.74) is 4.19. The Morgan fingerprint density at radius 2 is 1.61 bits per heavy atom. The maximum Gasteiger partial charge on any atom is 0.263 e. The summed E-state index contributed by atoms with van der Waals surface area (Å²) in [6.45, 7) is 6.77. The van der Waals surface area contributed by atoms with Crippen molar-refractivity contribution in [2.24, 2.45) is 0 Å². The number of carbonyl (C=O) groups excluding carboxylic acids is 1. The van der Waals surface area contributed by atoms with E-state index in [-0.39, 0.29) is 22.9 Å². The summed E-state index contributed by atoms with van der Waals surface area (Å²) >= 11 is 5.87. The van der Waals surface area contributed by atoms with Crippen molar-refractivity contribution in [1.29, 1.82) is 0 Å². The number of hydrogen-bond acceptors (Lipinski definition) is 9. The van der Waals surface area contributed by atoms with Crippen LogP contribution in [0.5, 0.6) is 0 Å². The number of alkyl halides is 1. The number of carbonyl (C=O) groups is 1. The maximum atomic E-state index is 13.5. The lowest BCUT2D eigenvalue weighted by Gasteiger charge is -2.37. The number of nitrogens with zero attached hydrogens (tertiary/aromatic N) is 7. The third kappa shape index (κ3) is 5.36. The van der Waals surface area contributed by atoms with E-state index in [1.807, 2.05) is 30.6 Å². The number of fused-ring (bicyclic) bond motifs is 1. The van der Waals surface area contributed by atoms with Gasteiger partial charge in [-0.3, -0.25) is 19.1 Å². The minimum atomic E-state index is -0.259. The summed E-state index contributed by atoms with van der Waals surface area (Å²) in [5.74, 6) is 1.17. The third-order valence-electron chi connectivity index (χ3n) is 8.19. The van der Waals surface area contributed by atoms with Crippen LogP contribution in [0.4, 0.5) is 23.1 Å². The average molecular weight is 573 g/mol. The molecule has 0 radical (unpaired) electrons. The smallest absolute Gasteiger partial charge is 0.263 e. The number of aromatic nitrogens is 5. The van der Waals surface area contributed by atoms with Gasteiger partial charge in [-0.15, -0.1) is 11.6 Å². The standard InChI is InChI=1S/C30H33ClN8O2/c1-19-25-18-34-30(36-28(25)39(22-5-3-4-6-22)29(41)27(19)20(2)40)35-26-10-9-24(17-33-26)38-13-11-37(12-14-38)23-8-7-21(15-31)32-16-23/h7-10,16-18,22H,3-6,11-15H2,1-2H3,(H,33,34,35,36). The van der Waals surface area contributed by atoms with E-state index in [0.717, 1.165) is 74.3 Å². The number of anilines is 4. The topological polar surface area (TPSA) is 109 Å². The Bertz CT molecular complexity index is 1620. The van der Waals surface area contributed by atoms with Gasteiger partial charge in [0.05, 0.1) is 40.9 Å². The zero-order valence-electron chi connectivity index (χ0n) is 23.3. The van der Waals surface area contributed by atoms with Crippen molar-refractivity contribution in [3.05, 3.63) is 70.0 Å². The summed E-state index contributed by atoms with van der Waals surface area (Å²) in [4.78, 5) is 48.7. The summed E-state index contributed by atoms with van der Waals surface area (Å²) in [5, 5.41) is 3.92. The lowest BCUT2D eigenvalue weighted by atomic mass is 10.0. The lowest BCUT2D eigenvalue weighted by Crippen LogP contribution is -2.46. The number of piperazine rings is 1. The van der Waals surface area contributed by atoms with Gasteiger partial charge in [-0.2, -0.15) is 4.98 Å². The van der Waals surface area contributed by atoms with Crippen LogP contribution < -0.4 is 20.7 Å². The zero-order valence-corrected chi connectivity index (χ0v) is 24.1.